The predicted octanol–water partition coefficient (Wildman–Crippen LogP) is -0.705. The molecule has 1 heterocycles. The van der Waals surface area contributed by atoms with E-state index in [1.807, 2.05) is 6.92 Å². The Bertz CT molecular complexity index is 248. The Morgan fingerprint density at radius 3 is 2.44 bits per heavy atom. The zero-order valence-electron chi connectivity index (χ0n) is 10.4. The number of aliphatic hydroxyl groups is 1. The summed E-state index contributed by atoms with van der Waals surface area (Å²) in [4.78, 5) is 14.0. The number of nitrogens with two attached hydrogens (primary N) is 1. The van der Waals surface area contributed by atoms with Crippen LogP contribution in [0.4, 0.5) is 0 Å². The first kappa shape index (κ1) is 13.4. The van der Waals surface area contributed by atoms with Gasteiger partial charge in [0.25, 0.3) is 0 Å². The summed E-state index contributed by atoms with van der Waals surface area (Å²) in [5.41, 5.74) is 5.41. The highest BCUT2D eigenvalue weighted by Gasteiger charge is 2.32. The van der Waals surface area contributed by atoms with Crippen LogP contribution in [0.5, 0.6) is 0 Å². The lowest BCUT2D eigenvalue weighted by Gasteiger charge is -2.39. The number of hydrogen-bond donors (Lipinski definition) is 3. The Labute approximate surface area is 97.0 Å². The number of amides is 1. The van der Waals surface area contributed by atoms with Gasteiger partial charge in [-0.1, -0.05) is 0 Å². The van der Waals surface area contributed by atoms with Crippen LogP contribution in [0.2, 0.25) is 0 Å². The largest absolute Gasteiger partial charge is 0.391 e. The molecule has 1 fully saturated rings. The molecule has 1 rings (SSSR count). The summed E-state index contributed by atoms with van der Waals surface area (Å²) in [6.45, 7) is 5.51. The fraction of sp³-hybridized carbons (Fsp3) is 0.909. The van der Waals surface area contributed by atoms with Gasteiger partial charge in [0.1, 0.15) is 6.04 Å². The second-order valence-electron chi connectivity index (χ2n) is 5.12. The Kier molecular flexibility index (Phi) is 4.29. The van der Waals surface area contributed by atoms with E-state index in [1.165, 1.54) is 6.92 Å². The lowest BCUT2D eigenvalue weighted by molar-refractivity contribution is -0.126. The van der Waals surface area contributed by atoms with Gasteiger partial charge in [0.05, 0.1) is 6.10 Å². The van der Waals surface area contributed by atoms with E-state index in [1.54, 1.807) is 0 Å². The van der Waals surface area contributed by atoms with Gasteiger partial charge in [0.2, 0.25) is 5.91 Å². The van der Waals surface area contributed by atoms with E-state index in [0.29, 0.717) is 0 Å². The van der Waals surface area contributed by atoms with Gasteiger partial charge in [-0.3, -0.25) is 4.79 Å². The van der Waals surface area contributed by atoms with Crippen molar-refractivity contribution < 1.29 is 9.90 Å². The van der Waals surface area contributed by atoms with Gasteiger partial charge in [-0.2, -0.15) is 0 Å². The second kappa shape index (κ2) is 5.12. The van der Waals surface area contributed by atoms with E-state index in [9.17, 15) is 9.90 Å². The van der Waals surface area contributed by atoms with E-state index in [4.69, 9.17) is 5.73 Å². The normalized spacial score (nSPS) is 24.8. The molecule has 1 aliphatic heterocycles. The smallest absolute Gasteiger partial charge is 0.240 e. The maximum atomic E-state index is 11.7. The third-order valence-electron chi connectivity index (χ3n) is 3.34. The highest BCUT2D eigenvalue weighted by atomic mass is 16.3. The zero-order chi connectivity index (χ0) is 12.3. The maximum absolute atomic E-state index is 11.7. The maximum Gasteiger partial charge on any atom is 0.240 e. The third kappa shape index (κ3) is 3.43. The summed E-state index contributed by atoms with van der Waals surface area (Å²) in [5.74, 6) is -0.262. The van der Waals surface area contributed by atoms with Crippen molar-refractivity contribution >= 4 is 5.91 Å². The molecular formula is C11H23N3O2. The summed E-state index contributed by atoms with van der Waals surface area (Å²) < 4.78 is 0. The first-order valence-electron chi connectivity index (χ1n) is 5.78. The number of carbonyl (C=O) groups is 1. The molecule has 0 saturated carbocycles. The molecule has 16 heavy (non-hydrogen) atoms. The minimum absolute atomic E-state index is 0.184. The van der Waals surface area contributed by atoms with E-state index in [-0.39, 0.29) is 11.4 Å². The molecule has 0 aromatic carbocycles. The number of carbonyl (C=O) groups excluding carboxylic acids is 1. The molecule has 1 amide bonds. The van der Waals surface area contributed by atoms with Crippen LogP contribution in [0.3, 0.4) is 0 Å². The third-order valence-corrected chi connectivity index (χ3v) is 3.34. The summed E-state index contributed by atoms with van der Waals surface area (Å²) in [6, 6.07) is -0.837. The van der Waals surface area contributed by atoms with Crippen LogP contribution in [-0.4, -0.2) is 53.7 Å². The van der Waals surface area contributed by atoms with Gasteiger partial charge in [-0.25, -0.2) is 0 Å². The van der Waals surface area contributed by atoms with Crippen molar-refractivity contribution in [2.45, 2.75) is 44.4 Å². The van der Waals surface area contributed by atoms with Crippen molar-refractivity contribution in [2.24, 2.45) is 5.73 Å². The Balaban J connectivity index is 2.50. The Morgan fingerprint density at radius 2 is 2.00 bits per heavy atom. The van der Waals surface area contributed by atoms with E-state index < -0.39 is 12.1 Å². The van der Waals surface area contributed by atoms with E-state index in [0.717, 1.165) is 25.9 Å². The quantitative estimate of drug-likeness (QED) is 0.598. The molecule has 0 aliphatic carbocycles. The number of nitrogens with one attached hydrogen (secondary N) is 1. The van der Waals surface area contributed by atoms with Crippen molar-refractivity contribution in [1.82, 2.24) is 10.2 Å². The summed E-state index contributed by atoms with van der Waals surface area (Å²) in [6.07, 6.45) is 1.03. The highest BCUT2D eigenvalue weighted by Crippen LogP contribution is 2.20. The first-order chi connectivity index (χ1) is 7.34. The van der Waals surface area contributed by atoms with Gasteiger partial charge < -0.3 is 21.1 Å². The lowest BCUT2D eigenvalue weighted by Crippen LogP contribution is -2.58. The average molecular weight is 229 g/mol. The Morgan fingerprint density at radius 1 is 1.50 bits per heavy atom. The van der Waals surface area contributed by atoms with Crippen LogP contribution in [0.15, 0.2) is 0 Å². The van der Waals surface area contributed by atoms with Crippen LogP contribution in [0.1, 0.15) is 26.7 Å². The summed E-state index contributed by atoms with van der Waals surface area (Å²) >= 11 is 0. The molecule has 5 heteroatoms. The molecule has 0 aromatic heterocycles. The number of hydrogen-bond acceptors (Lipinski definition) is 4. The van der Waals surface area contributed by atoms with Crippen LogP contribution >= 0.6 is 0 Å². The van der Waals surface area contributed by atoms with Crippen LogP contribution in [0, 0.1) is 0 Å². The minimum atomic E-state index is -0.837. The second-order valence-corrected chi connectivity index (χ2v) is 5.12. The zero-order valence-corrected chi connectivity index (χ0v) is 10.4. The molecule has 1 saturated heterocycles. The molecule has 4 N–H and O–H groups in total. The number of likely N-dealkylation sites (tertiary alicyclic amines) is 1. The molecule has 2 unspecified atom stereocenters. The van der Waals surface area contributed by atoms with E-state index >= 15 is 0 Å². The summed E-state index contributed by atoms with van der Waals surface area (Å²) in [7, 11) is 2.07. The molecule has 0 aromatic rings. The number of rotatable bonds is 3. The van der Waals surface area contributed by atoms with Crippen molar-refractivity contribution in [3.05, 3.63) is 0 Å². The van der Waals surface area contributed by atoms with Crippen LogP contribution in [0.25, 0.3) is 0 Å². The topological polar surface area (TPSA) is 78.6 Å². The Hall–Kier alpha value is -0.650. The van der Waals surface area contributed by atoms with Crippen molar-refractivity contribution in [2.75, 3.05) is 20.1 Å². The average Bonchev–Trinajstić information content (AvgIpc) is 2.21. The minimum Gasteiger partial charge on any atom is -0.391 e. The number of piperidine rings is 1. The first-order valence-corrected chi connectivity index (χ1v) is 5.78. The molecule has 1 aliphatic rings. The fourth-order valence-corrected chi connectivity index (χ4v) is 1.84. The molecule has 2 atom stereocenters. The van der Waals surface area contributed by atoms with Crippen molar-refractivity contribution in [3.63, 3.8) is 0 Å². The predicted molar refractivity (Wildman–Crippen MR) is 62.9 cm³/mol. The van der Waals surface area contributed by atoms with Crippen LogP contribution in [-0.2, 0) is 4.79 Å². The molecule has 0 bridgehead atoms. The molecule has 0 radical (unpaired) electrons. The van der Waals surface area contributed by atoms with Crippen molar-refractivity contribution in [1.29, 1.82) is 0 Å². The molecular weight excluding hydrogens is 206 g/mol. The molecule has 94 valence electrons. The number of aliphatic hydroxyl groups excluding tert-OH is 1. The van der Waals surface area contributed by atoms with Crippen LogP contribution < -0.4 is 11.1 Å². The van der Waals surface area contributed by atoms with Gasteiger partial charge in [-0.15, -0.1) is 0 Å². The van der Waals surface area contributed by atoms with Gasteiger partial charge in [0.15, 0.2) is 0 Å². The van der Waals surface area contributed by atoms with Crippen molar-refractivity contribution in [3.8, 4) is 0 Å². The van der Waals surface area contributed by atoms with Gasteiger partial charge in [-0.05, 0) is 33.7 Å². The number of nitrogens with zero attached hydrogens (tertiary/aromatic N) is 1. The van der Waals surface area contributed by atoms with Gasteiger partial charge >= 0.3 is 0 Å². The monoisotopic (exact) mass is 229 g/mol. The summed E-state index contributed by atoms with van der Waals surface area (Å²) in [5, 5.41) is 12.2. The molecule has 0 spiro atoms. The van der Waals surface area contributed by atoms with E-state index in [2.05, 4.69) is 17.3 Å². The standard InChI is InChI=1S/C11H23N3O2/c1-8(15)9(12)10(16)13-11(2)4-6-14(3)7-5-11/h8-9,15H,4-7,12H2,1-3H3,(H,13,16). The SMILES string of the molecule is CC(O)C(N)C(=O)NC1(C)CCN(C)CC1. The van der Waals surface area contributed by atoms with Gasteiger partial charge in [0, 0.05) is 18.6 Å². The molecule has 5 nitrogen and oxygen atoms in total. The fourth-order valence-electron chi connectivity index (χ4n) is 1.84. The highest BCUT2D eigenvalue weighted by molar-refractivity contribution is 5.82. The lowest BCUT2D eigenvalue weighted by atomic mass is 9.89.